The van der Waals surface area contributed by atoms with Crippen LogP contribution in [0.1, 0.15) is 5.56 Å². The summed E-state index contributed by atoms with van der Waals surface area (Å²) in [6.07, 6.45) is -31.7. The molecule has 2 aromatic rings. The molecule has 1 aromatic carbocycles. The van der Waals surface area contributed by atoms with Crippen molar-refractivity contribution in [1.29, 1.82) is 0 Å². The zero-order chi connectivity index (χ0) is 35.9. The van der Waals surface area contributed by atoms with E-state index in [4.69, 9.17) is 32.8 Å². The van der Waals surface area contributed by atoms with Gasteiger partial charge in [-0.15, -0.1) is 0 Å². The molecule has 10 N–H and O–H groups in total. The van der Waals surface area contributed by atoms with Crippen molar-refractivity contribution in [3.63, 3.8) is 0 Å². The fourth-order valence-electron chi connectivity index (χ4n) is 5.73. The molecule has 0 amide bonds. The summed E-state index contributed by atoms with van der Waals surface area (Å²) in [4.78, 5) is 11.7. The molecule has 276 valence electrons. The van der Waals surface area contributed by atoms with Gasteiger partial charge in [-0.05, 0) is 12.1 Å². The van der Waals surface area contributed by atoms with Gasteiger partial charge < -0.3 is 83.9 Å². The smallest absolute Gasteiger partial charge is 0.417 e. The Kier molecular flexibility index (Phi) is 11.5. The molecule has 21 heteroatoms. The van der Waals surface area contributed by atoms with E-state index in [-0.39, 0.29) is 11.8 Å². The summed E-state index contributed by atoms with van der Waals surface area (Å²) in [7, 11) is 0. The Morgan fingerprint density at radius 2 is 1.12 bits per heavy atom. The maximum atomic E-state index is 13.4. The van der Waals surface area contributed by atoms with Crippen LogP contribution in [0.3, 0.4) is 0 Å². The second-order valence-electron chi connectivity index (χ2n) is 11.6. The number of fused-ring (bicyclic) bond motifs is 1. The third-order valence-corrected chi connectivity index (χ3v) is 8.35. The number of hydrogen-bond donors (Lipinski definition) is 10. The molecule has 3 saturated heterocycles. The summed E-state index contributed by atoms with van der Waals surface area (Å²) in [5, 5.41) is 102. The molecule has 3 fully saturated rings. The van der Waals surface area contributed by atoms with Crippen LogP contribution in [0.2, 0.25) is 0 Å². The predicted molar refractivity (Wildman–Crippen MR) is 147 cm³/mol. The van der Waals surface area contributed by atoms with Crippen LogP contribution in [-0.2, 0) is 29.9 Å². The Morgan fingerprint density at radius 1 is 0.633 bits per heavy atom. The molecule has 3 aliphatic rings. The summed E-state index contributed by atoms with van der Waals surface area (Å²) in [5.74, 6) is -0.271. The molecule has 49 heavy (non-hydrogen) atoms. The lowest BCUT2D eigenvalue weighted by molar-refractivity contribution is -0.376. The molecular weight excluding hydrogens is 681 g/mol. The van der Waals surface area contributed by atoms with E-state index in [0.29, 0.717) is 0 Å². The van der Waals surface area contributed by atoms with Crippen LogP contribution in [0.15, 0.2) is 33.5 Å². The van der Waals surface area contributed by atoms with Gasteiger partial charge in [0.05, 0.1) is 25.4 Å². The van der Waals surface area contributed by atoms with Crippen LogP contribution in [-0.4, -0.2) is 163 Å². The van der Waals surface area contributed by atoms with Crippen molar-refractivity contribution in [2.45, 2.75) is 98.3 Å². The molecule has 18 nitrogen and oxygen atoms in total. The van der Waals surface area contributed by atoms with Crippen molar-refractivity contribution in [1.82, 2.24) is 0 Å². The van der Waals surface area contributed by atoms with Crippen molar-refractivity contribution in [2.24, 2.45) is 0 Å². The maximum absolute atomic E-state index is 13.4. The van der Waals surface area contributed by atoms with Gasteiger partial charge in [-0.1, -0.05) is 0 Å². The molecule has 5 rings (SSSR count). The molecule has 15 atom stereocenters. The number of aliphatic hydroxyl groups is 10. The molecule has 0 radical (unpaired) electrons. The van der Waals surface area contributed by atoms with E-state index in [9.17, 15) is 69.0 Å². The number of ether oxygens (including phenoxy) is 6. The monoisotopic (exact) mass is 716 g/mol. The first kappa shape index (κ1) is 37.7. The topological polar surface area (TPSA) is 288 Å². The highest BCUT2D eigenvalue weighted by Gasteiger charge is 2.53. The van der Waals surface area contributed by atoms with E-state index in [2.05, 4.69) is 0 Å². The van der Waals surface area contributed by atoms with E-state index in [1.165, 1.54) is 0 Å². The van der Waals surface area contributed by atoms with Crippen LogP contribution in [0.25, 0.3) is 11.0 Å². The SMILES string of the molecule is O=c1cc(C(F)(F)F)c2ccc(O[C@@H]3O[C@H](CO)[C@@H](O[C@@H]4O[C@H](CO)[C@@H](O[C@@H]5O[C@H](CO)[C@@H](O)[C@H](O)[C@H]5O)[C@H](O)[C@H]4O)[C@H](O)[C@H]3O)cc2o1. The van der Waals surface area contributed by atoms with Gasteiger partial charge in [-0.2, -0.15) is 13.2 Å². The highest BCUT2D eigenvalue weighted by molar-refractivity contribution is 5.82. The van der Waals surface area contributed by atoms with Gasteiger partial charge in [0.1, 0.15) is 84.6 Å². The molecular formula is C28H35F3O18. The zero-order valence-electron chi connectivity index (χ0n) is 25.0. The van der Waals surface area contributed by atoms with Gasteiger partial charge in [0, 0.05) is 17.5 Å². The molecule has 0 saturated carbocycles. The standard InChI is InChI=1S/C28H35F3O18/c29-28(30,31)10-4-15(35)44-11-3-8(1-2-9(10)11)43-25-21(41)18(38)23(13(6-33)46-25)49-27-22(42)19(39)24(14(7-34)47-27)48-26-20(40)17(37)16(36)12(5-32)45-26/h1-4,12-14,16-27,32-34,36-42H,5-7H2/t12-,13-,14-,16-,17+,18-,19-,20-,21-,22-,23-,24-,25-,26+,27+/m1/s1. The second-order valence-corrected chi connectivity index (χ2v) is 11.6. The number of rotatable bonds is 9. The number of aliphatic hydroxyl groups excluding tert-OH is 10. The van der Waals surface area contributed by atoms with Crippen LogP contribution in [0, 0.1) is 0 Å². The molecule has 0 aliphatic carbocycles. The van der Waals surface area contributed by atoms with Crippen LogP contribution in [0.4, 0.5) is 13.2 Å². The average molecular weight is 717 g/mol. The fraction of sp³-hybridized carbons (Fsp3) is 0.679. The number of hydrogen-bond acceptors (Lipinski definition) is 18. The van der Waals surface area contributed by atoms with Gasteiger partial charge in [0.2, 0.25) is 6.29 Å². The van der Waals surface area contributed by atoms with Crippen molar-refractivity contribution < 1.29 is 97.1 Å². The van der Waals surface area contributed by atoms with Crippen LogP contribution < -0.4 is 10.4 Å². The van der Waals surface area contributed by atoms with Gasteiger partial charge in [-0.3, -0.25) is 0 Å². The van der Waals surface area contributed by atoms with Gasteiger partial charge in [0.15, 0.2) is 12.6 Å². The number of benzene rings is 1. The summed E-state index contributed by atoms with van der Waals surface area (Å²) < 4.78 is 77.8. The first-order chi connectivity index (χ1) is 23.1. The number of alkyl halides is 3. The summed E-state index contributed by atoms with van der Waals surface area (Å²) in [6.45, 7) is -2.61. The second kappa shape index (κ2) is 15.0. The summed E-state index contributed by atoms with van der Waals surface area (Å²) in [5.41, 5.74) is -3.08. The van der Waals surface area contributed by atoms with Crippen molar-refractivity contribution in [3.8, 4) is 5.75 Å². The Morgan fingerprint density at radius 3 is 1.65 bits per heavy atom. The molecule has 0 unspecified atom stereocenters. The van der Waals surface area contributed by atoms with Crippen molar-refractivity contribution >= 4 is 11.0 Å². The van der Waals surface area contributed by atoms with Gasteiger partial charge in [-0.25, -0.2) is 4.79 Å². The zero-order valence-corrected chi connectivity index (χ0v) is 25.0. The predicted octanol–water partition coefficient (Wildman–Crippen LogP) is -4.36. The van der Waals surface area contributed by atoms with Gasteiger partial charge >= 0.3 is 11.8 Å². The third kappa shape index (κ3) is 7.56. The van der Waals surface area contributed by atoms with Crippen molar-refractivity contribution in [2.75, 3.05) is 19.8 Å². The van der Waals surface area contributed by atoms with E-state index in [1.807, 2.05) is 0 Å². The third-order valence-electron chi connectivity index (χ3n) is 8.35. The van der Waals surface area contributed by atoms with E-state index >= 15 is 0 Å². The lowest BCUT2D eigenvalue weighted by Gasteiger charge is -2.48. The number of halogens is 3. The fourth-order valence-corrected chi connectivity index (χ4v) is 5.73. The van der Waals surface area contributed by atoms with Crippen LogP contribution >= 0.6 is 0 Å². The Labute approximate surface area is 272 Å². The summed E-state index contributed by atoms with van der Waals surface area (Å²) >= 11 is 0. The molecule has 0 spiro atoms. The van der Waals surface area contributed by atoms with Gasteiger partial charge in [0.25, 0.3) is 0 Å². The largest absolute Gasteiger partial charge is 0.462 e. The highest BCUT2D eigenvalue weighted by Crippen LogP contribution is 2.36. The quantitative estimate of drug-likeness (QED) is 0.110. The molecule has 3 aliphatic heterocycles. The van der Waals surface area contributed by atoms with Crippen molar-refractivity contribution in [3.05, 3.63) is 40.2 Å². The minimum Gasteiger partial charge on any atom is -0.462 e. The Hall–Kier alpha value is -2.58. The molecule has 4 heterocycles. The maximum Gasteiger partial charge on any atom is 0.417 e. The van der Waals surface area contributed by atoms with E-state index in [1.54, 1.807) is 0 Å². The molecule has 1 aromatic heterocycles. The molecule has 0 bridgehead atoms. The Balaban J connectivity index is 1.27. The highest BCUT2D eigenvalue weighted by atomic mass is 19.4. The van der Waals surface area contributed by atoms with E-state index in [0.717, 1.165) is 18.2 Å². The average Bonchev–Trinajstić information content (AvgIpc) is 3.06. The minimum atomic E-state index is -4.88. The minimum absolute atomic E-state index is 0.271. The first-order valence-corrected chi connectivity index (χ1v) is 14.8. The normalized spacial score (nSPS) is 40.4. The lowest BCUT2D eigenvalue weighted by atomic mass is 9.96. The van der Waals surface area contributed by atoms with Crippen LogP contribution in [0.5, 0.6) is 5.75 Å². The summed E-state index contributed by atoms with van der Waals surface area (Å²) in [6, 6.07) is 3.18. The Bertz CT molecular complexity index is 1470. The first-order valence-electron chi connectivity index (χ1n) is 14.8. The lowest BCUT2D eigenvalue weighted by Crippen LogP contribution is -2.66. The van der Waals surface area contributed by atoms with E-state index < -0.39 is 140 Å².